The van der Waals surface area contributed by atoms with Crippen LogP contribution >= 0.6 is 0 Å². The first-order valence-corrected chi connectivity index (χ1v) is 8.18. The number of aromatic hydroxyl groups is 1. The van der Waals surface area contributed by atoms with Gasteiger partial charge in [0.05, 0.1) is 12.2 Å². The number of nitrogens with zero attached hydrogens (tertiary/aromatic N) is 3. The first-order chi connectivity index (χ1) is 12.6. The molecule has 2 aromatic heterocycles. The van der Waals surface area contributed by atoms with Crippen molar-refractivity contribution < 1.29 is 5.11 Å². The molecule has 26 heavy (non-hydrogen) atoms. The lowest BCUT2D eigenvalue weighted by Crippen LogP contribution is -2.17. The summed E-state index contributed by atoms with van der Waals surface area (Å²) in [6.45, 7) is 2.37. The summed E-state index contributed by atoms with van der Waals surface area (Å²) in [5.74, 6) is 1.14. The number of hydrogen-bond acceptors (Lipinski definition) is 5. The summed E-state index contributed by atoms with van der Waals surface area (Å²) in [5, 5.41) is 15.5. The van der Waals surface area contributed by atoms with Crippen LogP contribution < -0.4 is 10.9 Å². The van der Waals surface area contributed by atoms with Crippen molar-refractivity contribution in [3.05, 3.63) is 76.2 Å². The molecule has 0 amide bonds. The Balaban J connectivity index is 1.65. The third-order valence-corrected chi connectivity index (χ3v) is 4.12. The maximum Gasteiger partial charge on any atom is 0.274 e. The second-order valence-electron chi connectivity index (χ2n) is 6.01. The summed E-state index contributed by atoms with van der Waals surface area (Å²) < 4.78 is 1.34. The lowest BCUT2D eigenvalue weighted by molar-refractivity contribution is 0.475. The second kappa shape index (κ2) is 6.36. The minimum absolute atomic E-state index is 0.202. The molecule has 0 spiro atoms. The molecule has 0 atom stereocenters. The van der Waals surface area contributed by atoms with Gasteiger partial charge in [-0.25, -0.2) is 4.98 Å². The number of phenols is 1. The number of aryl methyl sites for hydroxylation is 1. The van der Waals surface area contributed by atoms with Crippen LogP contribution in [0.15, 0.2) is 59.4 Å². The van der Waals surface area contributed by atoms with Crippen LogP contribution in [0.4, 0.5) is 5.69 Å². The van der Waals surface area contributed by atoms with E-state index in [9.17, 15) is 9.90 Å². The number of aromatic nitrogens is 4. The number of hydrogen-bond donors (Lipinski definition) is 3. The van der Waals surface area contributed by atoms with Gasteiger partial charge < -0.3 is 10.4 Å². The largest absolute Gasteiger partial charge is 0.508 e. The van der Waals surface area contributed by atoms with Crippen LogP contribution in [0.1, 0.15) is 11.3 Å². The summed E-state index contributed by atoms with van der Waals surface area (Å²) in [6.07, 6.45) is 0. The van der Waals surface area contributed by atoms with Crippen molar-refractivity contribution in [3.63, 3.8) is 0 Å². The smallest absolute Gasteiger partial charge is 0.274 e. The number of benzene rings is 2. The maximum atomic E-state index is 12.4. The Labute approximate surface area is 149 Å². The first kappa shape index (κ1) is 15.9. The third-order valence-electron chi connectivity index (χ3n) is 4.12. The minimum Gasteiger partial charge on any atom is -0.508 e. The molecule has 130 valence electrons. The molecule has 3 N–H and O–H groups in total. The van der Waals surface area contributed by atoms with Gasteiger partial charge in [-0.15, -0.1) is 0 Å². The Bertz CT molecular complexity index is 1130. The highest BCUT2D eigenvalue weighted by atomic mass is 16.3. The number of phenolic OH excluding ortho intramolecular Hbond substituents is 1. The first-order valence-electron chi connectivity index (χ1n) is 8.18. The van der Waals surface area contributed by atoms with Crippen LogP contribution in [0, 0.1) is 6.92 Å². The Morgan fingerprint density at radius 1 is 1.12 bits per heavy atom. The van der Waals surface area contributed by atoms with Gasteiger partial charge in [-0.05, 0) is 36.8 Å². The van der Waals surface area contributed by atoms with Crippen molar-refractivity contribution in [2.45, 2.75) is 13.5 Å². The van der Waals surface area contributed by atoms with Gasteiger partial charge in [-0.1, -0.05) is 24.3 Å². The summed E-state index contributed by atoms with van der Waals surface area (Å²) in [5.41, 5.74) is 3.19. The molecule has 0 aliphatic carbocycles. The van der Waals surface area contributed by atoms with Gasteiger partial charge in [0, 0.05) is 17.3 Å². The van der Waals surface area contributed by atoms with Gasteiger partial charge in [-0.3, -0.25) is 9.89 Å². The third kappa shape index (κ3) is 3.02. The van der Waals surface area contributed by atoms with E-state index in [1.807, 2.05) is 31.2 Å². The Morgan fingerprint density at radius 2 is 1.88 bits per heavy atom. The molecule has 0 bridgehead atoms. The number of rotatable bonds is 4. The molecule has 7 nitrogen and oxygen atoms in total. The van der Waals surface area contributed by atoms with E-state index in [4.69, 9.17) is 0 Å². The number of nitrogens with one attached hydrogen (secondary N) is 2. The highest BCUT2D eigenvalue weighted by Crippen LogP contribution is 2.19. The van der Waals surface area contributed by atoms with E-state index < -0.39 is 0 Å². The fourth-order valence-electron chi connectivity index (χ4n) is 2.75. The van der Waals surface area contributed by atoms with E-state index in [-0.39, 0.29) is 11.3 Å². The number of H-pyrrole nitrogens is 1. The van der Waals surface area contributed by atoms with E-state index >= 15 is 0 Å². The van der Waals surface area contributed by atoms with Crippen molar-refractivity contribution in [2.75, 3.05) is 5.32 Å². The molecule has 4 rings (SSSR count). The molecule has 0 saturated carbocycles. The standard InChI is InChI=1S/C19H17N5O2/c1-12-4-2-3-5-16(12)18-22-19-21-14(10-17(26)24(19)23-18)11-20-13-6-8-15(25)9-7-13/h2-10,20,25H,11H2,1H3,(H,21,22,23). The van der Waals surface area contributed by atoms with Crippen molar-refractivity contribution in [3.8, 4) is 17.1 Å². The zero-order valence-electron chi connectivity index (χ0n) is 14.1. The fraction of sp³-hybridized carbons (Fsp3) is 0.105. The second-order valence-corrected chi connectivity index (χ2v) is 6.01. The fourth-order valence-corrected chi connectivity index (χ4v) is 2.75. The molecule has 0 radical (unpaired) electrons. The average molecular weight is 347 g/mol. The van der Waals surface area contributed by atoms with E-state index in [1.54, 1.807) is 24.3 Å². The molecule has 0 aliphatic heterocycles. The Hall–Kier alpha value is -3.61. The van der Waals surface area contributed by atoms with Crippen LogP contribution in [0.3, 0.4) is 0 Å². The van der Waals surface area contributed by atoms with E-state index in [2.05, 4.69) is 20.4 Å². The predicted octanol–water partition coefficient (Wildman–Crippen LogP) is 2.71. The SMILES string of the molecule is Cc1ccccc1-c1nc2nc(CNc3ccc(O)cc3)cc(=O)n2[nH]1. The normalized spacial score (nSPS) is 11.0. The van der Waals surface area contributed by atoms with Gasteiger partial charge >= 0.3 is 0 Å². The molecule has 0 aliphatic rings. The maximum absolute atomic E-state index is 12.4. The van der Waals surface area contributed by atoms with Crippen LogP contribution in [0.25, 0.3) is 17.2 Å². The van der Waals surface area contributed by atoms with Gasteiger partial charge in [0.25, 0.3) is 11.3 Å². The van der Waals surface area contributed by atoms with Crippen molar-refractivity contribution in [1.29, 1.82) is 0 Å². The predicted molar refractivity (Wildman–Crippen MR) is 99.2 cm³/mol. The van der Waals surface area contributed by atoms with E-state index in [0.717, 1.165) is 16.8 Å². The van der Waals surface area contributed by atoms with Crippen LogP contribution in [0.2, 0.25) is 0 Å². The molecule has 2 aromatic carbocycles. The molecular weight excluding hydrogens is 330 g/mol. The average Bonchev–Trinajstić information content (AvgIpc) is 3.06. The zero-order valence-corrected chi connectivity index (χ0v) is 14.1. The van der Waals surface area contributed by atoms with E-state index in [1.165, 1.54) is 10.6 Å². The zero-order chi connectivity index (χ0) is 18.1. The summed E-state index contributed by atoms with van der Waals surface area (Å²) in [4.78, 5) is 21.3. The van der Waals surface area contributed by atoms with Gasteiger partial charge in [0.1, 0.15) is 5.75 Å². The molecular formula is C19H17N5O2. The quantitative estimate of drug-likeness (QED) is 0.493. The van der Waals surface area contributed by atoms with Crippen molar-refractivity contribution >= 4 is 11.5 Å². The highest BCUT2D eigenvalue weighted by Gasteiger charge is 2.11. The lowest BCUT2D eigenvalue weighted by Gasteiger charge is -2.05. The monoisotopic (exact) mass is 347 g/mol. The van der Waals surface area contributed by atoms with Crippen LogP contribution in [-0.2, 0) is 6.54 Å². The Kier molecular flexibility index (Phi) is 3.89. The molecule has 7 heteroatoms. The molecule has 0 saturated heterocycles. The van der Waals surface area contributed by atoms with Crippen LogP contribution in [-0.4, -0.2) is 24.7 Å². The topological polar surface area (TPSA) is 95.3 Å². The molecule has 2 heterocycles. The van der Waals surface area contributed by atoms with Gasteiger partial charge in [0.2, 0.25) is 0 Å². The summed E-state index contributed by atoms with van der Waals surface area (Å²) >= 11 is 0. The van der Waals surface area contributed by atoms with Crippen LogP contribution in [0.5, 0.6) is 5.75 Å². The van der Waals surface area contributed by atoms with E-state index in [0.29, 0.717) is 23.8 Å². The number of aromatic amines is 1. The minimum atomic E-state index is -0.218. The Morgan fingerprint density at radius 3 is 2.65 bits per heavy atom. The molecule has 0 unspecified atom stereocenters. The summed E-state index contributed by atoms with van der Waals surface area (Å²) in [7, 11) is 0. The summed E-state index contributed by atoms with van der Waals surface area (Å²) in [6, 6.07) is 16.0. The van der Waals surface area contributed by atoms with Gasteiger partial charge in [0.15, 0.2) is 5.82 Å². The molecule has 4 aromatic rings. The highest BCUT2D eigenvalue weighted by molar-refractivity contribution is 5.61. The number of fused-ring (bicyclic) bond motifs is 1. The van der Waals surface area contributed by atoms with Crippen molar-refractivity contribution in [2.24, 2.45) is 0 Å². The van der Waals surface area contributed by atoms with Gasteiger partial charge in [-0.2, -0.15) is 9.50 Å². The lowest BCUT2D eigenvalue weighted by atomic mass is 10.1. The number of anilines is 1. The van der Waals surface area contributed by atoms with Crippen molar-refractivity contribution in [1.82, 2.24) is 19.6 Å². The molecule has 0 fully saturated rings.